The van der Waals surface area contributed by atoms with Crippen LogP contribution < -0.4 is 4.74 Å². The van der Waals surface area contributed by atoms with Gasteiger partial charge in [0.2, 0.25) is 0 Å². The monoisotopic (exact) mass is 476 g/mol. The van der Waals surface area contributed by atoms with Crippen molar-refractivity contribution in [2.45, 2.75) is 0 Å². The van der Waals surface area contributed by atoms with Crippen molar-refractivity contribution in [3.05, 3.63) is 88.1 Å². The Morgan fingerprint density at radius 3 is 2.62 bits per heavy atom. The topological polar surface area (TPSA) is 55.7 Å². The molecule has 0 bridgehead atoms. The maximum atomic E-state index is 6.22. The average Bonchev–Trinajstić information content (AvgIpc) is 3.49. The second-order valence-electron chi connectivity index (χ2n) is 7.01. The molecule has 0 radical (unpaired) electrons. The number of nitrogens with zero attached hydrogens (tertiary/aromatic N) is 3. The number of aromatic nitrogens is 4. The third-order valence-corrected chi connectivity index (χ3v) is 6.29. The van der Waals surface area contributed by atoms with E-state index in [1.165, 1.54) is 0 Å². The van der Waals surface area contributed by atoms with Crippen LogP contribution >= 0.6 is 35.2 Å². The molecular weight excluding hydrogens is 460 g/mol. The Labute approximate surface area is 198 Å². The van der Waals surface area contributed by atoms with Gasteiger partial charge in [0, 0.05) is 22.3 Å². The van der Waals surface area contributed by atoms with Gasteiger partial charge in [-0.15, -0.1) is 11.3 Å². The zero-order valence-electron chi connectivity index (χ0n) is 16.9. The van der Waals surface area contributed by atoms with Crippen LogP contribution in [0.2, 0.25) is 5.02 Å². The van der Waals surface area contributed by atoms with Crippen LogP contribution in [-0.2, 0) is 0 Å². The highest BCUT2D eigenvalue weighted by Crippen LogP contribution is 2.34. The van der Waals surface area contributed by atoms with Crippen LogP contribution in [0.5, 0.6) is 5.75 Å². The number of rotatable bonds is 5. The Hall–Kier alpha value is -3.26. The van der Waals surface area contributed by atoms with Gasteiger partial charge in [-0.3, -0.25) is 0 Å². The summed E-state index contributed by atoms with van der Waals surface area (Å²) in [6.45, 7) is 0. The van der Waals surface area contributed by atoms with E-state index < -0.39 is 0 Å². The molecule has 158 valence electrons. The second-order valence-corrected chi connectivity index (χ2v) is 8.78. The van der Waals surface area contributed by atoms with E-state index in [0.29, 0.717) is 9.79 Å². The highest BCUT2D eigenvalue weighted by molar-refractivity contribution is 7.71. The number of thiophene rings is 1. The molecule has 0 spiro atoms. The molecule has 32 heavy (non-hydrogen) atoms. The number of hydrogen-bond donors (Lipinski definition) is 1. The molecule has 0 amide bonds. The predicted molar refractivity (Wildman–Crippen MR) is 132 cm³/mol. The molecule has 0 saturated carbocycles. The normalized spacial score (nSPS) is 10.9. The summed E-state index contributed by atoms with van der Waals surface area (Å²) in [6, 6.07) is 21.4. The van der Waals surface area contributed by atoms with E-state index in [-0.39, 0.29) is 0 Å². The lowest BCUT2D eigenvalue weighted by Crippen LogP contribution is -1.94. The first-order valence-electron chi connectivity index (χ1n) is 9.76. The van der Waals surface area contributed by atoms with Crippen LogP contribution in [0.15, 0.2) is 78.3 Å². The zero-order chi connectivity index (χ0) is 22.1. The quantitative estimate of drug-likeness (QED) is 0.276. The Morgan fingerprint density at radius 1 is 1.06 bits per heavy atom. The van der Waals surface area contributed by atoms with Crippen molar-refractivity contribution in [1.82, 2.24) is 19.7 Å². The minimum atomic E-state index is 0.419. The van der Waals surface area contributed by atoms with Crippen molar-refractivity contribution >= 4 is 35.2 Å². The lowest BCUT2D eigenvalue weighted by molar-refractivity contribution is 0.415. The lowest BCUT2D eigenvalue weighted by Gasteiger charge is -2.06. The number of nitrogens with one attached hydrogen (secondary N) is 1. The molecule has 5 rings (SSSR count). The Bertz CT molecular complexity index is 1440. The van der Waals surface area contributed by atoms with E-state index in [9.17, 15) is 0 Å². The van der Waals surface area contributed by atoms with Gasteiger partial charge in [-0.25, -0.2) is 9.67 Å². The number of halogens is 1. The standard InChI is InChI=1S/C24H17ClN4OS2/c1-30-18-9-7-15(8-10-18)23-19(14-29(28-23)17-5-2-4-16(25)12-17)20-13-21(27-24(31)26-20)22-6-3-11-32-22/h2-14H,1H3,(H,26,27,31). The van der Waals surface area contributed by atoms with E-state index >= 15 is 0 Å². The molecule has 8 heteroatoms. The van der Waals surface area contributed by atoms with Gasteiger partial charge < -0.3 is 9.72 Å². The average molecular weight is 477 g/mol. The SMILES string of the molecule is COc1ccc(-c2nn(-c3cccc(Cl)c3)cc2-c2cc(-c3cccs3)[nH]c(=S)n2)cc1. The summed E-state index contributed by atoms with van der Waals surface area (Å²) in [6.07, 6.45) is 1.96. The van der Waals surface area contributed by atoms with E-state index in [4.69, 9.17) is 33.7 Å². The van der Waals surface area contributed by atoms with Gasteiger partial charge in [0.15, 0.2) is 4.77 Å². The van der Waals surface area contributed by atoms with Crippen LogP contribution in [0.3, 0.4) is 0 Å². The molecule has 3 heterocycles. The predicted octanol–water partition coefficient (Wildman–Crippen LogP) is 7.05. The summed E-state index contributed by atoms with van der Waals surface area (Å²) >= 11 is 13.3. The van der Waals surface area contributed by atoms with E-state index in [0.717, 1.165) is 44.5 Å². The fraction of sp³-hybridized carbons (Fsp3) is 0.0417. The first kappa shape index (κ1) is 20.6. The van der Waals surface area contributed by atoms with Crippen LogP contribution in [0.4, 0.5) is 0 Å². The maximum absolute atomic E-state index is 6.22. The summed E-state index contributed by atoms with van der Waals surface area (Å²) in [5, 5.41) is 7.56. The number of aromatic amines is 1. The number of benzene rings is 2. The molecule has 5 aromatic rings. The van der Waals surface area contributed by atoms with Crippen LogP contribution in [0, 0.1) is 4.77 Å². The molecule has 0 unspecified atom stereocenters. The summed E-state index contributed by atoms with van der Waals surface area (Å²) in [4.78, 5) is 8.90. The van der Waals surface area contributed by atoms with E-state index in [1.54, 1.807) is 18.4 Å². The molecule has 1 N–H and O–H groups in total. The lowest BCUT2D eigenvalue weighted by atomic mass is 10.1. The molecule has 0 atom stereocenters. The van der Waals surface area contributed by atoms with Gasteiger partial charge >= 0.3 is 0 Å². The largest absolute Gasteiger partial charge is 0.497 e. The third kappa shape index (κ3) is 4.10. The van der Waals surface area contributed by atoms with Crippen molar-refractivity contribution < 1.29 is 4.74 Å². The van der Waals surface area contributed by atoms with Crippen LogP contribution in [0.25, 0.3) is 38.8 Å². The van der Waals surface area contributed by atoms with Gasteiger partial charge in [-0.2, -0.15) is 5.10 Å². The number of hydrogen-bond acceptors (Lipinski definition) is 5. The summed E-state index contributed by atoms with van der Waals surface area (Å²) < 4.78 is 7.54. The van der Waals surface area contributed by atoms with Crippen molar-refractivity contribution in [2.75, 3.05) is 7.11 Å². The first-order valence-corrected chi connectivity index (χ1v) is 11.4. The molecule has 2 aromatic carbocycles. The van der Waals surface area contributed by atoms with Gasteiger partial charge in [0.05, 0.1) is 29.1 Å². The van der Waals surface area contributed by atoms with E-state index in [1.807, 2.05) is 76.9 Å². The second kappa shape index (κ2) is 8.70. The minimum Gasteiger partial charge on any atom is -0.497 e. The maximum Gasteiger partial charge on any atom is 0.197 e. The Kier molecular flexibility index (Phi) is 5.61. The molecule has 0 saturated heterocycles. The van der Waals surface area contributed by atoms with Crippen molar-refractivity contribution in [3.8, 4) is 44.5 Å². The van der Waals surface area contributed by atoms with Gasteiger partial charge in [0.1, 0.15) is 11.4 Å². The molecule has 0 aliphatic rings. The number of methoxy groups -OCH3 is 1. The molecule has 0 fully saturated rings. The molecule has 5 nitrogen and oxygen atoms in total. The van der Waals surface area contributed by atoms with Crippen molar-refractivity contribution in [1.29, 1.82) is 0 Å². The van der Waals surface area contributed by atoms with Crippen molar-refractivity contribution in [3.63, 3.8) is 0 Å². The molecule has 3 aromatic heterocycles. The van der Waals surface area contributed by atoms with Crippen LogP contribution in [-0.4, -0.2) is 26.9 Å². The Morgan fingerprint density at radius 2 is 1.91 bits per heavy atom. The van der Waals surface area contributed by atoms with Crippen molar-refractivity contribution in [2.24, 2.45) is 0 Å². The summed E-state index contributed by atoms with van der Waals surface area (Å²) in [5.74, 6) is 0.782. The highest BCUT2D eigenvalue weighted by Gasteiger charge is 2.17. The van der Waals surface area contributed by atoms with E-state index in [2.05, 4.69) is 16.0 Å². The van der Waals surface area contributed by atoms with Gasteiger partial charge in [-0.1, -0.05) is 23.7 Å². The minimum absolute atomic E-state index is 0.419. The van der Waals surface area contributed by atoms with Crippen LogP contribution in [0.1, 0.15) is 0 Å². The third-order valence-electron chi connectivity index (χ3n) is 4.96. The number of ether oxygens (including phenoxy) is 1. The number of H-pyrrole nitrogens is 1. The molecular formula is C24H17ClN4OS2. The fourth-order valence-corrected chi connectivity index (χ4v) is 4.53. The van der Waals surface area contributed by atoms with Gasteiger partial charge in [0.25, 0.3) is 0 Å². The fourth-order valence-electron chi connectivity index (χ4n) is 3.43. The summed E-state index contributed by atoms with van der Waals surface area (Å²) in [7, 11) is 1.65. The summed E-state index contributed by atoms with van der Waals surface area (Å²) in [5.41, 5.74) is 5.13. The highest BCUT2D eigenvalue weighted by atomic mass is 35.5. The Balaban J connectivity index is 1.71. The molecule has 0 aliphatic carbocycles. The molecule has 0 aliphatic heterocycles. The zero-order valence-corrected chi connectivity index (χ0v) is 19.3. The smallest absolute Gasteiger partial charge is 0.197 e. The first-order chi connectivity index (χ1) is 15.6. The van der Waals surface area contributed by atoms with Gasteiger partial charge in [-0.05, 0) is 72.2 Å².